The van der Waals surface area contributed by atoms with Crippen molar-refractivity contribution in [2.45, 2.75) is 98.3 Å². The van der Waals surface area contributed by atoms with Crippen LogP contribution >= 0.6 is 9.24 Å². The van der Waals surface area contributed by atoms with Crippen molar-refractivity contribution >= 4 is 9.24 Å². The van der Waals surface area contributed by atoms with Crippen LogP contribution < -0.4 is 9.47 Å². The highest BCUT2D eigenvalue weighted by atomic mass is 31.0. The Bertz CT molecular complexity index is 537. The van der Waals surface area contributed by atoms with Gasteiger partial charge in [0.1, 0.15) is 12.5 Å². The van der Waals surface area contributed by atoms with Gasteiger partial charge in [-0.25, -0.2) is 0 Å². The Balaban J connectivity index is 0.000000791. The highest BCUT2D eigenvalue weighted by molar-refractivity contribution is 7.17. The lowest BCUT2D eigenvalue weighted by Gasteiger charge is -2.51. The van der Waals surface area contributed by atoms with E-state index in [0.29, 0.717) is 12.0 Å². The van der Waals surface area contributed by atoms with Crippen molar-refractivity contribution < 1.29 is 9.47 Å². The summed E-state index contributed by atoms with van der Waals surface area (Å²) in [6.07, 6.45) is 7.78. The van der Waals surface area contributed by atoms with Crippen LogP contribution in [0.4, 0.5) is 0 Å². The second-order valence-corrected chi connectivity index (χ2v) is 8.30. The molecule has 1 saturated carbocycles. The third-order valence-corrected chi connectivity index (χ3v) is 6.13. The Morgan fingerprint density at radius 1 is 1.04 bits per heavy atom. The first-order valence-corrected chi connectivity index (χ1v) is 11.3. The predicted octanol–water partition coefficient (Wildman–Crippen LogP) is 7.35. The van der Waals surface area contributed by atoms with E-state index in [2.05, 4.69) is 48.2 Å². The normalized spacial score (nSPS) is 25.9. The van der Waals surface area contributed by atoms with Crippen LogP contribution in [0, 0.1) is 5.41 Å². The molecule has 2 unspecified atom stereocenters. The third-order valence-electron chi connectivity index (χ3n) is 5.81. The molecule has 0 radical (unpaired) electrons. The lowest BCUT2D eigenvalue weighted by Crippen LogP contribution is -2.44. The maximum atomic E-state index is 5.99. The van der Waals surface area contributed by atoms with Crippen LogP contribution in [0.5, 0.6) is 11.5 Å². The molecule has 1 aliphatic carbocycles. The van der Waals surface area contributed by atoms with Gasteiger partial charge in [-0.1, -0.05) is 83.0 Å². The molecular weight excluding hydrogens is 339 g/mol. The first kappa shape index (κ1) is 23.3. The average Bonchev–Trinajstić information content (AvgIpc) is 2.66. The highest BCUT2D eigenvalue weighted by Gasteiger charge is 2.47. The molecule has 2 nitrogen and oxygen atoms in total. The van der Waals surface area contributed by atoms with Gasteiger partial charge >= 0.3 is 0 Å². The maximum Gasteiger partial charge on any atom is 0.162 e. The summed E-state index contributed by atoms with van der Waals surface area (Å²) in [5.74, 6) is 1.87. The largest absolute Gasteiger partial charge is 0.485 e. The standard InChI is InChI=1S/C19H29O2P.2C2H6/c1-4-9-19(11-6-5-10-18(19,2)3)14-7-8-15-16(12-14)21-17(22)13-20-15;2*1-2/h7-8,12,17H,4-6,9-11,13,22H2,1-3H3;2*1-2H3/t17?,19-;;/m1../s1. The zero-order valence-electron chi connectivity index (χ0n) is 18.2. The minimum Gasteiger partial charge on any atom is -0.485 e. The quantitative estimate of drug-likeness (QED) is 0.510. The molecule has 26 heavy (non-hydrogen) atoms. The first-order valence-electron chi connectivity index (χ1n) is 10.7. The summed E-state index contributed by atoms with van der Waals surface area (Å²) < 4.78 is 11.8. The number of hydrogen-bond donors (Lipinski definition) is 0. The molecule has 0 amide bonds. The van der Waals surface area contributed by atoms with E-state index in [-0.39, 0.29) is 11.3 Å². The molecule has 3 heteroatoms. The number of rotatable bonds is 3. The fourth-order valence-corrected chi connectivity index (χ4v) is 4.77. The van der Waals surface area contributed by atoms with Gasteiger partial charge in [-0.2, -0.15) is 0 Å². The molecule has 1 heterocycles. The molecule has 3 atom stereocenters. The maximum absolute atomic E-state index is 5.99. The van der Waals surface area contributed by atoms with Crippen molar-refractivity contribution in [3.63, 3.8) is 0 Å². The van der Waals surface area contributed by atoms with Gasteiger partial charge in [-0.05, 0) is 42.4 Å². The second-order valence-electron chi connectivity index (χ2n) is 7.55. The van der Waals surface area contributed by atoms with Gasteiger partial charge in [0, 0.05) is 5.41 Å². The summed E-state index contributed by atoms with van der Waals surface area (Å²) in [5, 5.41) is 0. The molecule has 0 spiro atoms. The van der Waals surface area contributed by atoms with Gasteiger partial charge in [-0.3, -0.25) is 0 Å². The summed E-state index contributed by atoms with van der Waals surface area (Å²) in [6, 6.07) is 6.66. The van der Waals surface area contributed by atoms with Crippen LogP contribution in [0.3, 0.4) is 0 Å². The van der Waals surface area contributed by atoms with E-state index in [0.717, 1.165) is 11.5 Å². The fraction of sp³-hybridized carbons (Fsp3) is 0.739. The Morgan fingerprint density at radius 2 is 1.69 bits per heavy atom. The smallest absolute Gasteiger partial charge is 0.162 e. The van der Waals surface area contributed by atoms with Crippen LogP contribution in [0.25, 0.3) is 0 Å². The summed E-state index contributed by atoms with van der Waals surface area (Å²) >= 11 is 0. The summed E-state index contributed by atoms with van der Waals surface area (Å²) in [5.41, 5.74) is 2.05. The van der Waals surface area contributed by atoms with Crippen LogP contribution in [0.2, 0.25) is 0 Å². The molecule has 1 aromatic rings. The molecule has 2 aliphatic rings. The molecule has 0 bridgehead atoms. The monoisotopic (exact) mass is 380 g/mol. The fourth-order valence-electron chi connectivity index (χ4n) is 4.53. The predicted molar refractivity (Wildman–Crippen MR) is 118 cm³/mol. The molecule has 0 aromatic heterocycles. The summed E-state index contributed by atoms with van der Waals surface area (Å²) in [4.78, 5) is 0. The summed E-state index contributed by atoms with van der Waals surface area (Å²) in [7, 11) is 2.71. The van der Waals surface area contributed by atoms with Gasteiger partial charge in [0.2, 0.25) is 0 Å². The van der Waals surface area contributed by atoms with Crippen molar-refractivity contribution in [2.24, 2.45) is 5.41 Å². The van der Waals surface area contributed by atoms with Gasteiger partial charge in [0.25, 0.3) is 0 Å². The minimum absolute atomic E-state index is 0.0595. The number of benzene rings is 1. The Hall–Kier alpha value is -0.750. The molecule has 3 rings (SSSR count). The zero-order valence-corrected chi connectivity index (χ0v) is 19.3. The molecule has 1 fully saturated rings. The van der Waals surface area contributed by atoms with E-state index in [9.17, 15) is 0 Å². The Morgan fingerprint density at radius 3 is 2.31 bits per heavy atom. The van der Waals surface area contributed by atoms with Crippen molar-refractivity contribution in [3.05, 3.63) is 23.8 Å². The van der Waals surface area contributed by atoms with E-state index in [1.807, 2.05) is 27.7 Å². The zero-order chi connectivity index (χ0) is 19.8. The van der Waals surface area contributed by atoms with Crippen molar-refractivity contribution in [2.75, 3.05) is 6.61 Å². The minimum atomic E-state index is 0.0595. The Labute approximate surface area is 164 Å². The van der Waals surface area contributed by atoms with Gasteiger partial charge in [0.05, 0.1) is 0 Å². The Kier molecular flexibility index (Phi) is 9.45. The van der Waals surface area contributed by atoms with Gasteiger partial charge < -0.3 is 9.47 Å². The van der Waals surface area contributed by atoms with Gasteiger partial charge in [0.15, 0.2) is 11.5 Å². The molecule has 0 saturated heterocycles. The van der Waals surface area contributed by atoms with E-state index in [1.54, 1.807) is 0 Å². The second kappa shape index (κ2) is 10.5. The van der Waals surface area contributed by atoms with E-state index in [4.69, 9.17) is 9.47 Å². The lowest BCUT2D eigenvalue weighted by molar-refractivity contribution is 0.0814. The molecule has 1 aliphatic heterocycles. The van der Waals surface area contributed by atoms with Crippen molar-refractivity contribution in [3.8, 4) is 11.5 Å². The van der Waals surface area contributed by atoms with Crippen LogP contribution in [0.15, 0.2) is 18.2 Å². The van der Waals surface area contributed by atoms with Crippen LogP contribution in [-0.2, 0) is 5.41 Å². The highest BCUT2D eigenvalue weighted by Crippen LogP contribution is 2.55. The molecule has 0 N–H and O–H groups in total. The number of ether oxygens (including phenoxy) is 2. The van der Waals surface area contributed by atoms with E-state index >= 15 is 0 Å². The SMILES string of the molecule is CC.CC.CCC[C@]1(c2ccc3c(c2)OC(P)CO3)CCCCC1(C)C. The first-order chi connectivity index (χ1) is 12.5. The number of fused-ring (bicyclic) bond motifs is 1. The van der Waals surface area contributed by atoms with Gasteiger partial charge in [-0.15, -0.1) is 0 Å². The number of hydrogen-bond acceptors (Lipinski definition) is 2. The average molecular weight is 381 g/mol. The van der Waals surface area contributed by atoms with E-state index < -0.39 is 0 Å². The third kappa shape index (κ3) is 4.75. The molecule has 150 valence electrons. The van der Waals surface area contributed by atoms with E-state index in [1.165, 1.54) is 44.1 Å². The van der Waals surface area contributed by atoms with Crippen molar-refractivity contribution in [1.29, 1.82) is 0 Å². The van der Waals surface area contributed by atoms with Crippen LogP contribution in [0.1, 0.15) is 92.6 Å². The molecular formula is C23H41O2P. The lowest BCUT2D eigenvalue weighted by atomic mass is 9.53. The van der Waals surface area contributed by atoms with Crippen molar-refractivity contribution in [1.82, 2.24) is 0 Å². The topological polar surface area (TPSA) is 18.5 Å². The molecule has 1 aromatic carbocycles. The summed E-state index contributed by atoms with van der Waals surface area (Å²) in [6.45, 7) is 15.8. The van der Waals surface area contributed by atoms with Crippen LogP contribution in [-0.4, -0.2) is 12.5 Å².